The zero-order valence-electron chi connectivity index (χ0n) is 19.4. The fraction of sp³-hybridized carbons (Fsp3) is 0.417. The van der Waals surface area contributed by atoms with E-state index in [0.717, 1.165) is 38.8 Å². The van der Waals surface area contributed by atoms with Crippen molar-refractivity contribution in [2.45, 2.75) is 69.6 Å². The summed E-state index contributed by atoms with van der Waals surface area (Å²) in [5.41, 5.74) is 2.26. The summed E-state index contributed by atoms with van der Waals surface area (Å²) in [6.07, 6.45) is -0.0198. The van der Waals surface area contributed by atoms with Crippen molar-refractivity contribution >= 4 is 20.9 Å². The Morgan fingerprint density at radius 3 is 2.40 bits per heavy atom. The number of pyridine rings is 1. The molecular formula is C24H24F4N4O2S. The van der Waals surface area contributed by atoms with Crippen molar-refractivity contribution in [3.05, 3.63) is 46.9 Å². The number of aryl methyl sites for hydroxylation is 2. The number of alkyl halides is 3. The van der Waals surface area contributed by atoms with E-state index in [1.54, 1.807) is 17.7 Å². The van der Waals surface area contributed by atoms with Crippen molar-refractivity contribution in [2.75, 3.05) is 0 Å². The molecule has 2 aromatic heterocycles. The molecule has 35 heavy (non-hydrogen) atoms. The first-order valence-electron chi connectivity index (χ1n) is 11.2. The molecular weight excluding hydrogens is 484 g/mol. The highest BCUT2D eigenvalue weighted by Gasteiger charge is 2.39. The minimum atomic E-state index is -4.74. The van der Waals surface area contributed by atoms with Crippen LogP contribution in [0.15, 0.2) is 29.3 Å². The van der Waals surface area contributed by atoms with Crippen molar-refractivity contribution in [1.82, 2.24) is 14.3 Å². The van der Waals surface area contributed by atoms with Crippen molar-refractivity contribution in [3.8, 4) is 17.5 Å². The lowest BCUT2D eigenvalue weighted by atomic mass is 10.1. The maximum Gasteiger partial charge on any atom is 0.404 e. The zero-order chi connectivity index (χ0) is 25.7. The minimum absolute atomic E-state index is 0.0549. The average Bonchev–Trinajstić information content (AvgIpc) is 3.38. The molecule has 0 aliphatic heterocycles. The van der Waals surface area contributed by atoms with Gasteiger partial charge >= 0.3 is 6.18 Å². The van der Waals surface area contributed by atoms with Crippen molar-refractivity contribution in [3.63, 3.8) is 0 Å². The highest BCUT2D eigenvalue weighted by atomic mass is 32.2. The number of benzene rings is 1. The van der Waals surface area contributed by atoms with E-state index in [2.05, 4.69) is 11.1 Å². The van der Waals surface area contributed by atoms with E-state index in [1.165, 1.54) is 19.1 Å². The summed E-state index contributed by atoms with van der Waals surface area (Å²) in [6, 6.07) is 4.39. The molecule has 0 amide bonds. The predicted molar refractivity (Wildman–Crippen MR) is 123 cm³/mol. The van der Waals surface area contributed by atoms with Crippen LogP contribution in [0.4, 0.5) is 17.6 Å². The van der Waals surface area contributed by atoms with E-state index in [9.17, 15) is 31.2 Å². The Balaban J connectivity index is 1.89. The van der Waals surface area contributed by atoms with E-state index < -0.39 is 28.1 Å². The summed E-state index contributed by atoms with van der Waals surface area (Å²) in [6.45, 7) is 3.81. The smallest absolute Gasteiger partial charge is 0.335 e. The van der Waals surface area contributed by atoms with Crippen LogP contribution in [0.2, 0.25) is 0 Å². The van der Waals surface area contributed by atoms with Gasteiger partial charge in [0.2, 0.25) is 10.0 Å². The second-order valence-electron chi connectivity index (χ2n) is 8.98. The standard InChI is InChI=1S/C24H24F4N4O2S/c1-13-9-21-17(10-19(13)25)18(11-29)23(32(21)16-6-4-5-7-16)20-8-14(2)22(12-30-20)35(33,34)31-15(3)24(26,27)28/h8-10,12,15-16,31H,4-7H2,1-3H3/t15-/m0/s1. The molecule has 1 N–H and O–H groups in total. The molecule has 0 saturated heterocycles. The molecule has 1 saturated carbocycles. The van der Waals surface area contributed by atoms with Crippen molar-refractivity contribution in [1.29, 1.82) is 5.26 Å². The molecule has 11 heteroatoms. The van der Waals surface area contributed by atoms with Gasteiger partial charge in [0.15, 0.2) is 0 Å². The first-order chi connectivity index (χ1) is 16.3. The normalized spacial score (nSPS) is 16.1. The number of hydrogen-bond donors (Lipinski definition) is 1. The van der Waals surface area contributed by atoms with E-state index in [1.807, 2.05) is 4.57 Å². The lowest BCUT2D eigenvalue weighted by Gasteiger charge is -2.20. The Bertz CT molecular complexity index is 1450. The quantitative estimate of drug-likeness (QED) is 0.450. The van der Waals surface area contributed by atoms with Gasteiger partial charge in [-0.1, -0.05) is 12.8 Å². The van der Waals surface area contributed by atoms with Gasteiger partial charge in [-0.25, -0.2) is 12.8 Å². The Labute approximate surface area is 200 Å². The molecule has 2 heterocycles. The van der Waals surface area contributed by atoms with E-state index >= 15 is 0 Å². The summed E-state index contributed by atoms with van der Waals surface area (Å²) >= 11 is 0. The second kappa shape index (κ2) is 8.91. The van der Waals surface area contributed by atoms with Crippen LogP contribution in [0.25, 0.3) is 22.3 Å². The number of sulfonamides is 1. The fourth-order valence-electron chi connectivity index (χ4n) is 4.66. The van der Waals surface area contributed by atoms with Gasteiger partial charge in [0.25, 0.3) is 0 Å². The van der Waals surface area contributed by atoms with Gasteiger partial charge < -0.3 is 4.57 Å². The molecule has 1 atom stereocenters. The molecule has 0 bridgehead atoms. The van der Waals surface area contributed by atoms with Crippen LogP contribution in [0.1, 0.15) is 55.3 Å². The number of fused-ring (bicyclic) bond motifs is 1. The molecule has 0 spiro atoms. The first kappa shape index (κ1) is 25.1. The predicted octanol–water partition coefficient (Wildman–Crippen LogP) is 5.68. The number of halogens is 4. The molecule has 1 fully saturated rings. The Morgan fingerprint density at radius 2 is 1.83 bits per heavy atom. The SMILES string of the molecule is Cc1cc2c(cc1F)c(C#N)c(-c1cc(C)c(S(=O)(=O)N[C@@H](C)C(F)(F)F)cn1)n2C1CCCC1. The molecule has 0 radical (unpaired) electrons. The minimum Gasteiger partial charge on any atom is -0.335 e. The highest BCUT2D eigenvalue weighted by Crippen LogP contribution is 2.41. The van der Waals surface area contributed by atoms with Crippen molar-refractivity contribution in [2.24, 2.45) is 0 Å². The van der Waals surface area contributed by atoms with Gasteiger partial charge in [0.1, 0.15) is 22.8 Å². The topological polar surface area (TPSA) is 87.8 Å². The van der Waals surface area contributed by atoms with Gasteiger partial charge in [-0.15, -0.1) is 0 Å². The highest BCUT2D eigenvalue weighted by molar-refractivity contribution is 7.89. The maximum absolute atomic E-state index is 14.4. The van der Waals surface area contributed by atoms with Gasteiger partial charge in [0, 0.05) is 17.6 Å². The second-order valence-corrected chi connectivity index (χ2v) is 10.7. The molecule has 6 nitrogen and oxygen atoms in total. The summed E-state index contributed by atoms with van der Waals surface area (Å²) in [5.74, 6) is -0.445. The molecule has 1 aromatic carbocycles. The maximum atomic E-state index is 14.4. The number of aromatic nitrogens is 2. The number of nitriles is 1. The van der Waals surface area contributed by atoms with Gasteiger partial charge in [-0.05, 0) is 62.9 Å². The molecule has 4 rings (SSSR count). The van der Waals surface area contributed by atoms with Crippen LogP contribution in [-0.2, 0) is 10.0 Å². The molecule has 1 aliphatic rings. The summed E-state index contributed by atoms with van der Waals surface area (Å²) in [7, 11) is -4.50. The average molecular weight is 509 g/mol. The van der Waals surface area contributed by atoms with Crippen LogP contribution in [-0.4, -0.2) is 30.2 Å². The zero-order valence-corrected chi connectivity index (χ0v) is 20.2. The molecule has 0 unspecified atom stereocenters. The third kappa shape index (κ3) is 4.52. The van der Waals surface area contributed by atoms with E-state index in [-0.39, 0.29) is 22.1 Å². The van der Waals surface area contributed by atoms with Crippen LogP contribution in [0.3, 0.4) is 0 Å². The fourth-order valence-corrected chi connectivity index (χ4v) is 6.06. The van der Waals surface area contributed by atoms with Crippen LogP contribution < -0.4 is 4.72 Å². The van der Waals surface area contributed by atoms with Gasteiger partial charge in [-0.3, -0.25) is 4.98 Å². The largest absolute Gasteiger partial charge is 0.404 e. The number of hydrogen-bond acceptors (Lipinski definition) is 4. The van der Waals surface area contributed by atoms with E-state index in [4.69, 9.17) is 0 Å². The number of nitrogens with zero attached hydrogens (tertiary/aromatic N) is 3. The van der Waals surface area contributed by atoms with Crippen LogP contribution >= 0.6 is 0 Å². The Kier molecular flexibility index (Phi) is 6.40. The Hall–Kier alpha value is -2.97. The lowest BCUT2D eigenvalue weighted by Crippen LogP contribution is -2.43. The van der Waals surface area contributed by atoms with Crippen molar-refractivity contribution < 1.29 is 26.0 Å². The third-order valence-corrected chi connectivity index (χ3v) is 8.17. The Morgan fingerprint density at radius 1 is 1.17 bits per heavy atom. The third-order valence-electron chi connectivity index (χ3n) is 6.50. The first-order valence-corrected chi connectivity index (χ1v) is 12.6. The van der Waals surface area contributed by atoms with Crippen LogP contribution in [0, 0.1) is 31.0 Å². The molecule has 186 valence electrons. The summed E-state index contributed by atoms with van der Waals surface area (Å²) < 4.78 is 82.0. The summed E-state index contributed by atoms with van der Waals surface area (Å²) in [4.78, 5) is 3.87. The van der Waals surface area contributed by atoms with Gasteiger partial charge in [-0.2, -0.15) is 23.2 Å². The molecule has 3 aromatic rings. The number of nitrogens with one attached hydrogen (secondary N) is 1. The lowest BCUT2D eigenvalue weighted by molar-refractivity contribution is -0.147. The van der Waals surface area contributed by atoms with E-state index in [0.29, 0.717) is 27.9 Å². The molecule has 1 aliphatic carbocycles. The monoisotopic (exact) mass is 508 g/mol. The summed E-state index contributed by atoms with van der Waals surface area (Å²) in [5, 5.41) is 10.4. The number of rotatable bonds is 5. The van der Waals surface area contributed by atoms with Gasteiger partial charge in [0.05, 0.1) is 22.5 Å². The van der Waals surface area contributed by atoms with Crippen LogP contribution in [0.5, 0.6) is 0 Å².